The summed E-state index contributed by atoms with van der Waals surface area (Å²) in [5.41, 5.74) is 0.431. The molecule has 1 aromatic heterocycles. The van der Waals surface area contributed by atoms with E-state index >= 15 is 0 Å². The van der Waals surface area contributed by atoms with Crippen LogP contribution >= 0.6 is 11.6 Å². The summed E-state index contributed by atoms with van der Waals surface area (Å²) in [5.74, 6) is 0.643. The van der Waals surface area contributed by atoms with Crippen molar-refractivity contribution in [3.8, 4) is 11.8 Å². The monoisotopic (exact) mass is 332 g/mol. The summed E-state index contributed by atoms with van der Waals surface area (Å²) in [7, 11) is 0. The van der Waals surface area contributed by atoms with E-state index in [9.17, 15) is 4.79 Å². The number of nitrogens with zero attached hydrogens (tertiary/aromatic N) is 3. The van der Waals surface area contributed by atoms with Gasteiger partial charge in [0.1, 0.15) is 11.6 Å². The lowest BCUT2D eigenvalue weighted by atomic mass is 10.2. The van der Waals surface area contributed by atoms with Crippen LogP contribution in [0.25, 0.3) is 0 Å². The molecule has 0 spiro atoms. The Hall–Kier alpha value is -2.52. The van der Waals surface area contributed by atoms with E-state index in [4.69, 9.17) is 21.6 Å². The Kier molecular flexibility index (Phi) is 5.24. The molecule has 7 heteroatoms. The van der Waals surface area contributed by atoms with E-state index in [1.54, 1.807) is 36.0 Å². The molecule has 0 aliphatic heterocycles. The molecule has 1 atom stereocenters. The van der Waals surface area contributed by atoms with E-state index < -0.39 is 6.10 Å². The Labute approximate surface area is 139 Å². The van der Waals surface area contributed by atoms with E-state index in [-0.39, 0.29) is 17.0 Å². The van der Waals surface area contributed by atoms with Gasteiger partial charge in [-0.05, 0) is 39.0 Å². The molecule has 6 nitrogen and oxygen atoms in total. The first-order valence-electron chi connectivity index (χ1n) is 7.13. The molecule has 2 aromatic rings. The van der Waals surface area contributed by atoms with Gasteiger partial charge in [0.05, 0.1) is 22.9 Å². The summed E-state index contributed by atoms with van der Waals surface area (Å²) in [5, 5.41) is 16.0. The lowest BCUT2D eigenvalue weighted by Crippen LogP contribution is -2.31. The molecular weight excluding hydrogens is 316 g/mol. The second kappa shape index (κ2) is 7.16. The zero-order valence-corrected chi connectivity index (χ0v) is 13.8. The molecule has 1 aromatic carbocycles. The van der Waals surface area contributed by atoms with Gasteiger partial charge >= 0.3 is 0 Å². The van der Waals surface area contributed by atoms with Gasteiger partial charge < -0.3 is 10.1 Å². The smallest absolute Gasteiger partial charge is 0.266 e. The summed E-state index contributed by atoms with van der Waals surface area (Å²) in [6.07, 6.45) is 0.870. The van der Waals surface area contributed by atoms with Gasteiger partial charge in [0.2, 0.25) is 0 Å². The first kappa shape index (κ1) is 16.8. The molecule has 0 saturated heterocycles. The van der Waals surface area contributed by atoms with Crippen LogP contribution in [-0.2, 0) is 4.79 Å². The first-order valence-corrected chi connectivity index (χ1v) is 7.51. The molecular formula is C16H17ClN4O2. The molecule has 0 bridgehead atoms. The SMILES string of the molecule is CC(C)n1nccc1NC(=O)[C@@H](C)Oc1ccc(C#N)cc1Cl. The highest BCUT2D eigenvalue weighted by atomic mass is 35.5. The quantitative estimate of drug-likeness (QED) is 0.910. The van der Waals surface area contributed by atoms with Gasteiger partial charge in [-0.15, -0.1) is 0 Å². The molecule has 0 aliphatic carbocycles. The number of benzene rings is 1. The van der Waals surface area contributed by atoms with Crippen molar-refractivity contribution in [2.45, 2.75) is 32.9 Å². The first-order chi connectivity index (χ1) is 10.9. The molecule has 0 unspecified atom stereocenters. The van der Waals surface area contributed by atoms with Gasteiger partial charge in [-0.2, -0.15) is 10.4 Å². The maximum atomic E-state index is 12.3. The maximum absolute atomic E-state index is 12.3. The Morgan fingerprint density at radius 3 is 2.74 bits per heavy atom. The molecule has 0 radical (unpaired) electrons. The van der Waals surface area contributed by atoms with Crippen molar-refractivity contribution in [3.63, 3.8) is 0 Å². The Morgan fingerprint density at radius 1 is 1.39 bits per heavy atom. The van der Waals surface area contributed by atoms with Crippen LogP contribution in [0.2, 0.25) is 5.02 Å². The summed E-state index contributed by atoms with van der Waals surface area (Å²) < 4.78 is 7.28. The number of amides is 1. The fourth-order valence-electron chi connectivity index (χ4n) is 1.96. The Bertz CT molecular complexity index is 749. The summed E-state index contributed by atoms with van der Waals surface area (Å²) in [6, 6.07) is 8.49. The summed E-state index contributed by atoms with van der Waals surface area (Å²) in [4.78, 5) is 12.3. The largest absolute Gasteiger partial charge is 0.479 e. The van der Waals surface area contributed by atoms with E-state index in [0.29, 0.717) is 17.1 Å². The average molecular weight is 333 g/mol. The van der Waals surface area contributed by atoms with Crippen molar-refractivity contribution >= 4 is 23.3 Å². The fourth-order valence-corrected chi connectivity index (χ4v) is 2.19. The fraction of sp³-hybridized carbons (Fsp3) is 0.312. The van der Waals surface area contributed by atoms with Crippen LogP contribution in [0, 0.1) is 11.3 Å². The number of nitriles is 1. The van der Waals surface area contributed by atoms with Gasteiger partial charge in [0.25, 0.3) is 5.91 Å². The zero-order valence-electron chi connectivity index (χ0n) is 13.1. The molecule has 1 N–H and O–H groups in total. The Morgan fingerprint density at radius 2 is 2.13 bits per heavy atom. The van der Waals surface area contributed by atoms with Crippen molar-refractivity contribution in [1.29, 1.82) is 5.26 Å². The lowest BCUT2D eigenvalue weighted by Gasteiger charge is -2.17. The second-order valence-electron chi connectivity index (χ2n) is 5.26. The van der Waals surface area contributed by atoms with Crippen LogP contribution in [0.1, 0.15) is 32.4 Å². The maximum Gasteiger partial charge on any atom is 0.266 e. The van der Waals surface area contributed by atoms with Crippen LogP contribution in [-0.4, -0.2) is 21.8 Å². The third-order valence-corrected chi connectivity index (χ3v) is 3.44. The van der Waals surface area contributed by atoms with E-state index in [0.717, 1.165) is 0 Å². The lowest BCUT2D eigenvalue weighted by molar-refractivity contribution is -0.122. The Balaban J connectivity index is 2.06. The van der Waals surface area contributed by atoms with Crippen molar-refractivity contribution in [3.05, 3.63) is 41.0 Å². The minimum absolute atomic E-state index is 0.129. The van der Waals surface area contributed by atoms with Crippen molar-refractivity contribution in [1.82, 2.24) is 9.78 Å². The number of halogens is 1. The van der Waals surface area contributed by atoms with Gasteiger partial charge in [0, 0.05) is 12.1 Å². The third kappa shape index (κ3) is 4.02. The van der Waals surface area contributed by atoms with E-state index in [1.165, 1.54) is 6.07 Å². The number of hydrogen-bond donors (Lipinski definition) is 1. The number of carbonyl (C=O) groups is 1. The predicted octanol–water partition coefficient (Wildman–Crippen LogP) is 3.40. The van der Waals surface area contributed by atoms with Crippen molar-refractivity contribution < 1.29 is 9.53 Å². The zero-order chi connectivity index (χ0) is 17.0. The van der Waals surface area contributed by atoms with Crippen LogP contribution < -0.4 is 10.1 Å². The minimum atomic E-state index is -0.754. The topological polar surface area (TPSA) is 79.9 Å². The molecule has 120 valence electrons. The number of ether oxygens (including phenoxy) is 1. The molecule has 0 aliphatic rings. The van der Waals surface area contributed by atoms with Crippen LogP contribution in [0.3, 0.4) is 0 Å². The number of aromatic nitrogens is 2. The highest BCUT2D eigenvalue weighted by Crippen LogP contribution is 2.26. The van der Waals surface area contributed by atoms with Crippen molar-refractivity contribution in [2.24, 2.45) is 0 Å². The second-order valence-corrected chi connectivity index (χ2v) is 5.67. The van der Waals surface area contributed by atoms with Gasteiger partial charge in [-0.1, -0.05) is 11.6 Å². The van der Waals surface area contributed by atoms with Crippen LogP contribution in [0.15, 0.2) is 30.5 Å². The summed E-state index contributed by atoms with van der Waals surface area (Å²) in [6.45, 7) is 5.57. The number of rotatable bonds is 5. The van der Waals surface area contributed by atoms with Crippen LogP contribution in [0.5, 0.6) is 5.75 Å². The highest BCUT2D eigenvalue weighted by molar-refractivity contribution is 6.32. The molecule has 0 saturated carbocycles. The number of carbonyl (C=O) groups excluding carboxylic acids is 1. The molecule has 1 heterocycles. The van der Waals surface area contributed by atoms with Gasteiger partial charge in [-0.3, -0.25) is 4.79 Å². The number of anilines is 1. The number of nitrogens with one attached hydrogen (secondary N) is 1. The van der Waals surface area contributed by atoms with E-state index in [1.807, 2.05) is 19.9 Å². The molecule has 0 fully saturated rings. The molecule has 23 heavy (non-hydrogen) atoms. The average Bonchev–Trinajstić information content (AvgIpc) is 2.97. The third-order valence-electron chi connectivity index (χ3n) is 3.14. The number of hydrogen-bond acceptors (Lipinski definition) is 4. The predicted molar refractivity (Wildman–Crippen MR) is 87.5 cm³/mol. The highest BCUT2D eigenvalue weighted by Gasteiger charge is 2.18. The van der Waals surface area contributed by atoms with Crippen molar-refractivity contribution in [2.75, 3.05) is 5.32 Å². The summed E-state index contributed by atoms with van der Waals surface area (Å²) >= 11 is 6.04. The normalized spacial score (nSPS) is 11.8. The standard InChI is InChI=1S/C16H17ClN4O2/c1-10(2)21-15(6-7-19-21)20-16(22)11(3)23-14-5-4-12(9-18)8-13(14)17/h4-8,10-11H,1-3H3,(H,20,22)/t11-/m1/s1. The van der Waals surface area contributed by atoms with Gasteiger partial charge in [-0.25, -0.2) is 4.68 Å². The van der Waals surface area contributed by atoms with E-state index in [2.05, 4.69) is 10.4 Å². The van der Waals surface area contributed by atoms with Crippen LogP contribution in [0.4, 0.5) is 5.82 Å². The minimum Gasteiger partial charge on any atom is -0.479 e. The molecule has 2 rings (SSSR count). The van der Waals surface area contributed by atoms with Gasteiger partial charge in [0.15, 0.2) is 6.10 Å². The molecule has 1 amide bonds.